The van der Waals surface area contributed by atoms with Crippen LogP contribution in [0, 0.1) is 11.3 Å². The van der Waals surface area contributed by atoms with Gasteiger partial charge < -0.3 is 14.9 Å². The normalized spacial score (nSPS) is 20.5. The third kappa shape index (κ3) is 3.39. The van der Waals surface area contributed by atoms with E-state index in [1.165, 1.54) is 0 Å². The van der Waals surface area contributed by atoms with Gasteiger partial charge in [-0.25, -0.2) is 4.79 Å². The van der Waals surface area contributed by atoms with Crippen molar-refractivity contribution in [3.8, 4) is 0 Å². The van der Waals surface area contributed by atoms with Crippen molar-refractivity contribution in [3.05, 3.63) is 0 Å². The van der Waals surface area contributed by atoms with Gasteiger partial charge in [0.15, 0.2) is 0 Å². The molecule has 1 unspecified atom stereocenters. The van der Waals surface area contributed by atoms with Gasteiger partial charge in [0, 0.05) is 26.2 Å². The summed E-state index contributed by atoms with van der Waals surface area (Å²) in [5.41, 5.74) is -0.782. The Morgan fingerprint density at radius 2 is 1.95 bits per heavy atom. The summed E-state index contributed by atoms with van der Waals surface area (Å²) in [6, 6.07) is 0.154. The van der Waals surface area contributed by atoms with Crippen LogP contribution in [0.5, 0.6) is 0 Å². The van der Waals surface area contributed by atoms with Gasteiger partial charge in [0.25, 0.3) is 0 Å². The van der Waals surface area contributed by atoms with E-state index in [2.05, 4.69) is 0 Å². The second-order valence-electron chi connectivity index (χ2n) is 6.30. The molecule has 0 aromatic rings. The number of hydrogen-bond donors (Lipinski definition) is 1. The number of piperidine rings is 1. The first kappa shape index (κ1) is 15.8. The lowest BCUT2D eigenvalue weighted by Crippen LogP contribution is -2.51. The summed E-state index contributed by atoms with van der Waals surface area (Å²) >= 11 is 0. The zero-order chi connectivity index (χ0) is 14.8. The number of carboxylic acids is 1. The van der Waals surface area contributed by atoms with Crippen molar-refractivity contribution in [3.63, 3.8) is 0 Å². The Hall–Kier alpha value is -1.26. The van der Waals surface area contributed by atoms with E-state index in [0.29, 0.717) is 6.54 Å². The highest BCUT2D eigenvalue weighted by Crippen LogP contribution is 2.34. The first-order valence-corrected chi connectivity index (χ1v) is 6.93. The highest BCUT2D eigenvalue weighted by molar-refractivity contribution is 5.76. The number of hydrogen-bond acceptors (Lipinski definition) is 2. The minimum atomic E-state index is -0.788. The molecule has 5 nitrogen and oxygen atoms in total. The fourth-order valence-corrected chi connectivity index (χ4v) is 2.36. The number of likely N-dealkylation sites (tertiary alicyclic amines) is 1. The third-order valence-corrected chi connectivity index (χ3v) is 4.34. The van der Waals surface area contributed by atoms with Gasteiger partial charge in [0.05, 0.1) is 5.41 Å². The van der Waals surface area contributed by atoms with E-state index >= 15 is 0 Å². The number of nitrogens with zero attached hydrogens (tertiary/aromatic N) is 2. The molecule has 0 bridgehead atoms. The Morgan fingerprint density at radius 3 is 2.42 bits per heavy atom. The molecule has 0 radical (unpaired) electrons. The zero-order valence-electron chi connectivity index (χ0n) is 12.6. The number of amides is 2. The third-order valence-electron chi connectivity index (χ3n) is 4.34. The SMILES string of the molecule is CC(C)N(C)C(=O)N1CCCC(C(C)(C)C(=O)O)C1. The molecule has 1 N–H and O–H groups in total. The number of carbonyl (C=O) groups excluding carboxylic acids is 1. The van der Waals surface area contributed by atoms with Crippen LogP contribution < -0.4 is 0 Å². The number of carboxylic acid groups (broad SMARTS) is 1. The molecular formula is C14H26N2O3. The summed E-state index contributed by atoms with van der Waals surface area (Å²) in [6.07, 6.45) is 1.74. The van der Waals surface area contributed by atoms with E-state index < -0.39 is 11.4 Å². The molecule has 1 atom stereocenters. The van der Waals surface area contributed by atoms with Crippen LogP contribution in [-0.4, -0.2) is 53.1 Å². The van der Waals surface area contributed by atoms with Gasteiger partial charge in [-0.2, -0.15) is 0 Å². The lowest BCUT2D eigenvalue weighted by atomic mass is 9.74. The highest BCUT2D eigenvalue weighted by atomic mass is 16.4. The summed E-state index contributed by atoms with van der Waals surface area (Å²) in [4.78, 5) is 27.1. The van der Waals surface area contributed by atoms with E-state index in [4.69, 9.17) is 0 Å². The number of carbonyl (C=O) groups is 2. The summed E-state index contributed by atoms with van der Waals surface area (Å²) in [7, 11) is 1.79. The monoisotopic (exact) mass is 270 g/mol. The van der Waals surface area contributed by atoms with Gasteiger partial charge in [0.2, 0.25) is 0 Å². The lowest BCUT2D eigenvalue weighted by Gasteiger charge is -2.41. The minimum Gasteiger partial charge on any atom is -0.481 e. The van der Waals surface area contributed by atoms with Crippen LogP contribution in [0.1, 0.15) is 40.5 Å². The maximum Gasteiger partial charge on any atom is 0.319 e. The quantitative estimate of drug-likeness (QED) is 0.855. The van der Waals surface area contributed by atoms with Crippen molar-refractivity contribution in [2.45, 2.75) is 46.6 Å². The van der Waals surface area contributed by atoms with Crippen LogP contribution in [0.2, 0.25) is 0 Å². The average Bonchev–Trinajstić information content (AvgIpc) is 2.36. The minimum absolute atomic E-state index is 0.000823. The van der Waals surface area contributed by atoms with E-state index in [1.807, 2.05) is 13.8 Å². The van der Waals surface area contributed by atoms with Crippen molar-refractivity contribution in [1.29, 1.82) is 0 Å². The van der Waals surface area contributed by atoms with Crippen LogP contribution >= 0.6 is 0 Å². The molecule has 1 fully saturated rings. The number of urea groups is 1. The summed E-state index contributed by atoms with van der Waals surface area (Å²) in [5, 5.41) is 9.30. The van der Waals surface area contributed by atoms with Gasteiger partial charge in [-0.3, -0.25) is 4.79 Å². The van der Waals surface area contributed by atoms with Gasteiger partial charge in [0.1, 0.15) is 0 Å². The second-order valence-corrected chi connectivity index (χ2v) is 6.30. The molecule has 1 rings (SSSR count). The van der Waals surface area contributed by atoms with Crippen molar-refractivity contribution < 1.29 is 14.7 Å². The first-order valence-electron chi connectivity index (χ1n) is 6.93. The van der Waals surface area contributed by atoms with E-state index in [-0.39, 0.29) is 18.0 Å². The van der Waals surface area contributed by atoms with Crippen LogP contribution in [-0.2, 0) is 4.79 Å². The number of aliphatic carboxylic acids is 1. The average molecular weight is 270 g/mol. The Labute approximate surface area is 115 Å². The van der Waals surface area contributed by atoms with E-state index in [0.717, 1.165) is 19.4 Å². The maximum absolute atomic E-state index is 12.3. The highest BCUT2D eigenvalue weighted by Gasteiger charge is 2.40. The molecule has 0 aromatic carbocycles. The summed E-state index contributed by atoms with van der Waals surface area (Å²) in [5.74, 6) is -0.771. The molecule has 5 heteroatoms. The Bertz CT molecular complexity index is 353. The van der Waals surface area contributed by atoms with E-state index in [1.54, 1.807) is 30.7 Å². The molecule has 2 amide bonds. The Kier molecular flexibility index (Phi) is 4.82. The summed E-state index contributed by atoms with van der Waals surface area (Å²) < 4.78 is 0. The van der Waals surface area contributed by atoms with Crippen LogP contribution in [0.25, 0.3) is 0 Å². The molecule has 1 saturated heterocycles. The van der Waals surface area contributed by atoms with Crippen LogP contribution in [0.4, 0.5) is 4.79 Å². The van der Waals surface area contributed by atoms with Crippen molar-refractivity contribution in [1.82, 2.24) is 9.80 Å². The molecule has 1 aliphatic heterocycles. The van der Waals surface area contributed by atoms with Gasteiger partial charge in [-0.05, 0) is 46.5 Å². The van der Waals surface area contributed by atoms with Gasteiger partial charge in [-0.1, -0.05) is 0 Å². The number of rotatable bonds is 3. The Balaban J connectivity index is 2.75. The predicted octanol–water partition coefficient (Wildman–Crippen LogP) is 2.27. The zero-order valence-corrected chi connectivity index (χ0v) is 12.6. The molecule has 0 spiro atoms. The molecule has 1 heterocycles. The lowest BCUT2D eigenvalue weighted by molar-refractivity contribution is -0.151. The Morgan fingerprint density at radius 1 is 1.37 bits per heavy atom. The second kappa shape index (κ2) is 5.80. The molecule has 0 aromatic heterocycles. The van der Waals surface area contributed by atoms with Gasteiger partial charge >= 0.3 is 12.0 Å². The van der Waals surface area contributed by atoms with Crippen molar-refractivity contribution >= 4 is 12.0 Å². The standard InChI is InChI=1S/C14H26N2O3/c1-10(2)15(5)13(19)16-8-6-7-11(9-16)14(3,4)12(17)18/h10-11H,6-9H2,1-5H3,(H,17,18). The van der Waals surface area contributed by atoms with E-state index in [9.17, 15) is 14.7 Å². The topological polar surface area (TPSA) is 60.9 Å². The van der Waals surface area contributed by atoms with Crippen molar-refractivity contribution in [2.75, 3.05) is 20.1 Å². The van der Waals surface area contributed by atoms with Crippen molar-refractivity contribution in [2.24, 2.45) is 11.3 Å². The van der Waals surface area contributed by atoms with Crippen LogP contribution in [0.3, 0.4) is 0 Å². The molecular weight excluding hydrogens is 244 g/mol. The molecule has 0 aliphatic carbocycles. The summed E-state index contributed by atoms with van der Waals surface area (Å²) in [6.45, 7) is 8.71. The largest absolute Gasteiger partial charge is 0.481 e. The fourth-order valence-electron chi connectivity index (χ4n) is 2.36. The molecule has 0 saturated carbocycles. The van der Waals surface area contributed by atoms with Gasteiger partial charge in [-0.15, -0.1) is 0 Å². The molecule has 110 valence electrons. The molecule has 1 aliphatic rings. The van der Waals surface area contributed by atoms with Crippen LogP contribution in [0.15, 0.2) is 0 Å². The first-order chi connectivity index (χ1) is 8.67. The molecule has 19 heavy (non-hydrogen) atoms. The predicted molar refractivity (Wildman–Crippen MR) is 74.0 cm³/mol. The smallest absolute Gasteiger partial charge is 0.319 e. The maximum atomic E-state index is 12.3. The fraction of sp³-hybridized carbons (Fsp3) is 0.857.